The van der Waals surface area contributed by atoms with Crippen molar-refractivity contribution in [3.63, 3.8) is 0 Å². The van der Waals surface area contributed by atoms with Gasteiger partial charge in [0, 0.05) is 5.56 Å². The predicted octanol–water partition coefficient (Wildman–Crippen LogP) is 4.27. The highest BCUT2D eigenvalue weighted by Crippen LogP contribution is 2.29. The van der Waals surface area contributed by atoms with Gasteiger partial charge in [0.1, 0.15) is 0 Å². The minimum atomic E-state index is -0.253. The number of esters is 1. The van der Waals surface area contributed by atoms with Gasteiger partial charge in [-0.05, 0) is 64.0 Å². The maximum atomic E-state index is 12.7. The number of benzene rings is 1. The second-order valence-electron chi connectivity index (χ2n) is 7.19. The molecule has 1 aromatic heterocycles. The Bertz CT molecular complexity index is 969. The zero-order valence-electron chi connectivity index (χ0n) is 19.0. The molecule has 1 unspecified atom stereocenters. The molecule has 0 saturated carbocycles. The highest BCUT2D eigenvalue weighted by atomic mass is 16.5. The summed E-state index contributed by atoms with van der Waals surface area (Å²) in [6.07, 6.45) is 4.32. The van der Waals surface area contributed by atoms with Gasteiger partial charge in [0.05, 0.1) is 49.5 Å². The van der Waals surface area contributed by atoms with Gasteiger partial charge in [-0.3, -0.25) is 14.6 Å². The van der Waals surface area contributed by atoms with E-state index in [1.807, 2.05) is 27.7 Å². The molecule has 7 nitrogen and oxygen atoms in total. The summed E-state index contributed by atoms with van der Waals surface area (Å²) in [6, 6.07) is 5.01. The molecule has 31 heavy (non-hydrogen) atoms. The van der Waals surface area contributed by atoms with E-state index in [0.717, 1.165) is 17.1 Å². The SMILES string of the molecule is CCC(CCOc1cc(C(=O)/C=C/c2nc(C)c(C)nc2C)ccc1OC)C(=O)OC. The molecule has 1 atom stereocenters. The first-order valence-electron chi connectivity index (χ1n) is 10.2. The van der Waals surface area contributed by atoms with Gasteiger partial charge in [-0.1, -0.05) is 6.92 Å². The Kier molecular flexibility index (Phi) is 8.73. The van der Waals surface area contributed by atoms with E-state index < -0.39 is 0 Å². The monoisotopic (exact) mass is 426 g/mol. The quantitative estimate of drug-likeness (QED) is 0.318. The van der Waals surface area contributed by atoms with Crippen molar-refractivity contribution in [2.45, 2.75) is 40.5 Å². The van der Waals surface area contributed by atoms with Gasteiger partial charge in [-0.2, -0.15) is 0 Å². The summed E-state index contributed by atoms with van der Waals surface area (Å²) in [5.41, 5.74) is 3.59. The molecule has 0 aliphatic rings. The van der Waals surface area contributed by atoms with Crippen molar-refractivity contribution in [1.29, 1.82) is 0 Å². The van der Waals surface area contributed by atoms with E-state index in [4.69, 9.17) is 14.2 Å². The van der Waals surface area contributed by atoms with Crippen molar-refractivity contribution in [2.75, 3.05) is 20.8 Å². The molecule has 1 heterocycles. The summed E-state index contributed by atoms with van der Waals surface area (Å²) in [7, 11) is 2.91. The van der Waals surface area contributed by atoms with Crippen LogP contribution in [0.3, 0.4) is 0 Å². The standard InChI is InChI=1S/C24H30N2O5/c1-7-18(24(28)30-6)12-13-31-23-14-19(8-11-22(23)29-5)21(27)10-9-20-17(4)25-15(2)16(3)26-20/h8-11,14,18H,7,12-13H2,1-6H3/b10-9+. The summed E-state index contributed by atoms with van der Waals surface area (Å²) in [5, 5.41) is 0. The molecular formula is C24H30N2O5. The molecule has 0 N–H and O–H groups in total. The Labute approximate surface area is 183 Å². The van der Waals surface area contributed by atoms with E-state index >= 15 is 0 Å². The largest absolute Gasteiger partial charge is 0.493 e. The van der Waals surface area contributed by atoms with Crippen LogP contribution in [0.15, 0.2) is 24.3 Å². The molecule has 166 valence electrons. The lowest BCUT2D eigenvalue weighted by Gasteiger charge is -2.15. The van der Waals surface area contributed by atoms with E-state index in [-0.39, 0.29) is 17.7 Å². The van der Waals surface area contributed by atoms with E-state index in [1.165, 1.54) is 20.3 Å². The third-order valence-corrected chi connectivity index (χ3v) is 5.11. The number of aromatic nitrogens is 2. The molecule has 0 bridgehead atoms. The minimum absolute atomic E-state index is 0.187. The maximum absolute atomic E-state index is 12.7. The average molecular weight is 427 g/mol. The van der Waals surface area contributed by atoms with Crippen molar-refractivity contribution in [3.8, 4) is 11.5 Å². The Morgan fingerprint density at radius 1 is 1.03 bits per heavy atom. The van der Waals surface area contributed by atoms with Gasteiger partial charge >= 0.3 is 5.97 Å². The number of aryl methyl sites for hydroxylation is 3. The van der Waals surface area contributed by atoms with Crippen LogP contribution in [0.2, 0.25) is 0 Å². The van der Waals surface area contributed by atoms with Crippen molar-refractivity contribution in [1.82, 2.24) is 9.97 Å². The van der Waals surface area contributed by atoms with Crippen molar-refractivity contribution in [3.05, 3.63) is 52.6 Å². The smallest absolute Gasteiger partial charge is 0.308 e. The highest BCUT2D eigenvalue weighted by molar-refractivity contribution is 6.07. The Morgan fingerprint density at radius 3 is 2.39 bits per heavy atom. The van der Waals surface area contributed by atoms with Crippen LogP contribution in [-0.4, -0.2) is 42.5 Å². The fraction of sp³-hybridized carbons (Fsp3) is 0.417. The van der Waals surface area contributed by atoms with Crippen LogP contribution >= 0.6 is 0 Å². The summed E-state index contributed by atoms with van der Waals surface area (Å²) in [5.74, 6) is 0.294. The molecule has 0 aliphatic carbocycles. The highest BCUT2D eigenvalue weighted by Gasteiger charge is 2.17. The van der Waals surface area contributed by atoms with E-state index in [1.54, 1.807) is 24.3 Å². The third kappa shape index (κ3) is 6.38. The van der Waals surface area contributed by atoms with Crippen molar-refractivity contribution in [2.24, 2.45) is 5.92 Å². The summed E-state index contributed by atoms with van der Waals surface area (Å²) < 4.78 is 16.0. The number of rotatable bonds is 10. The summed E-state index contributed by atoms with van der Waals surface area (Å²) in [4.78, 5) is 33.4. The van der Waals surface area contributed by atoms with Crippen LogP contribution in [0.1, 0.15) is 52.9 Å². The second kappa shape index (κ2) is 11.2. The van der Waals surface area contributed by atoms with Crippen molar-refractivity contribution < 1.29 is 23.8 Å². The molecule has 0 saturated heterocycles. The number of nitrogens with zero attached hydrogens (tertiary/aromatic N) is 2. The van der Waals surface area contributed by atoms with Gasteiger partial charge in [0.15, 0.2) is 17.3 Å². The molecule has 2 rings (SSSR count). The Hall–Kier alpha value is -3.22. The van der Waals surface area contributed by atoms with E-state index in [9.17, 15) is 9.59 Å². The van der Waals surface area contributed by atoms with Crippen molar-refractivity contribution >= 4 is 17.8 Å². The molecule has 1 aromatic carbocycles. The number of ether oxygens (including phenoxy) is 3. The van der Waals surface area contributed by atoms with Gasteiger partial charge < -0.3 is 14.2 Å². The lowest BCUT2D eigenvalue weighted by molar-refractivity contribution is -0.146. The second-order valence-corrected chi connectivity index (χ2v) is 7.19. The predicted molar refractivity (Wildman–Crippen MR) is 119 cm³/mol. The molecule has 0 amide bonds. The number of hydrogen-bond acceptors (Lipinski definition) is 7. The van der Waals surface area contributed by atoms with Crippen LogP contribution in [0.4, 0.5) is 0 Å². The average Bonchev–Trinajstić information content (AvgIpc) is 2.77. The molecule has 0 spiro atoms. The zero-order valence-corrected chi connectivity index (χ0v) is 19.0. The number of methoxy groups -OCH3 is 2. The molecular weight excluding hydrogens is 396 g/mol. The van der Waals surface area contributed by atoms with Crippen LogP contribution in [0.25, 0.3) is 6.08 Å². The number of carbonyl (C=O) groups is 2. The minimum Gasteiger partial charge on any atom is -0.493 e. The molecule has 0 radical (unpaired) electrons. The van der Waals surface area contributed by atoms with Crippen LogP contribution in [0, 0.1) is 26.7 Å². The summed E-state index contributed by atoms with van der Waals surface area (Å²) in [6.45, 7) is 7.88. The fourth-order valence-electron chi connectivity index (χ4n) is 3.05. The normalized spacial score (nSPS) is 11.9. The van der Waals surface area contributed by atoms with Crippen LogP contribution in [-0.2, 0) is 9.53 Å². The van der Waals surface area contributed by atoms with E-state index in [2.05, 4.69) is 9.97 Å². The number of hydrogen-bond donors (Lipinski definition) is 0. The first-order chi connectivity index (χ1) is 14.8. The van der Waals surface area contributed by atoms with Gasteiger partial charge in [-0.15, -0.1) is 0 Å². The zero-order chi connectivity index (χ0) is 23.0. The lowest BCUT2D eigenvalue weighted by Crippen LogP contribution is -2.18. The Morgan fingerprint density at radius 2 is 1.74 bits per heavy atom. The fourth-order valence-corrected chi connectivity index (χ4v) is 3.05. The van der Waals surface area contributed by atoms with Gasteiger partial charge in [0.2, 0.25) is 0 Å². The van der Waals surface area contributed by atoms with Gasteiger partial charge in [0.25, 0.3) is 0 Å². The first kappa shape index (κ1) is 24.1. The van der Waals surface area contributed by atoms with Gasteiger partial charge in [-0.25, -0.2) is 4.98 Å². The Balaban J connectivity index is 2.14. The maximum Gasteiger partial charge on any atom is 0.308 e. The summed E-state index contributed by atoms with van der Waals surface area (Å²) >= 11 is 0. The first-order valence-corrected chi connectivity index (χ1v) is 10.2. The van der Waals surface area contributed by atoms with E-state index in [0.29, 0.717) is 42.2 Å². The number of allylic oxidation sites excluding steroid dienone is 1. The molecule has 0 aliphatic heterocycles. The number of carbonyl (C=O) groups excluding carboxylic acids is 2. The molecule has 0 fully saturated rings. The van der Waals surface area contributed by atoms with Crippen LogP contribution in [0.5, 0.6) is 11.5 Å². The third-order valence-electron chi connectivity index (χ3n) is 5.11. The molecule has 7 heteroatoms. The lowest BCUT2D eigenvalue weighted by atomic mass is 10.0. The topological polar surface area (TPSA) is 87.6 Å². The molecule has 2 aromatic rings. The number of ketones is 1. The van der Waals surface area contributed by atoms with Crippen LogP contribution < -0.4 is 9.47 Å².